The number of aliphatic hydroxyl groups is 1. The molecule has 0 saturated carbocycles. The highest BCUT2D eigenvalue weighted by Crippen LogP contribution is 2.39. The van der Waals surface area contributed by atoms with Crippen molar-refractivity contribution < 1.29 is 23.1 Å². The molecule has 29 heavy (non-hydrogen) atoms. The van der Waals surface area contributed by atoms with Gasteiger partial charge < -0.3 is 10.0 Å². The number of nitrogens with zero attached hydrogens (tertiary/aromatic N) is 3. The van der Waals surface area contributed by atoms with Gasteiger partial charge in [0, 0.05) is 32.4 Å². The van der Waals surface area contributed by atoms with Crippen LogP contribution in [0.15, 0.2) is 64.7 Å². The van der Waals surface area contributed by atoms with Crippen LogP contribution in [0.4, 0.5) is 13.2 Å². The number of carbonyl (C=O) groups excluding carboxylic acids is 1. The second-order valence-corrected chi connectivity index (χ2v) is 8.09. The van der Waals surface area contributed by atoms with Crippen LogP contribution in [0.2, 0.25) is 0 Å². The lowest BCUT2D eigenvalue weighted by Crippen LogP contribution is -2.36. The third-order valence-corrected chi connectivity index (χ3v) is 5.97. The van der Waals surface area contributed by atoms with Crippen molar-refractivity contribution in [1.82, 2.24) is 14.2 Å². The van der Waals surface area contributed by atoms with Crippen molar-refractivity contribution >= 4 is 17.9 Å². The number of pyridine rings is 1. The number of aliphatic hydroxyl groups excluding tert-OH is 1. The maximum atomic E-state index is 13.1. The highest BCUT2D eigenvalue weighted by atomic mass is 32.2. The Morgan fingerprint density at radius 2 is 1.69 bits per heavy atom. The van der Waals surface area contributed by atoms with Crippen LogP contribution in [-0.2, 0) is 11.0 Å². The number of amides is 1. The quantitative estimate of drug-likeness (QED) is 0.607. The van der Waals surface area contributed by atoms with Gasteiger partial charge in [0.1, 0.15) is 0 Å². The number of rotatable bonds is 4. The summed E-state index contributed by atoms with van der Waals surface area (Å²) in [6.07, 6.45) is -4.58. The van der Waals surface area contributed by atoms with Gasteiger partial charge in [-0.3, -0.25) is 9.78 Å². The summed E-state index contributed by atoms with van der Waals surface area (Å²) in [6, 6.07) is 11.6. The Kier molecular flexibility index (Phi) is 5.37. The summed E-state index contributed by atoms with van der Waals surface area (Å²) >= 11 is 1.03. The topological polar surface area (TPSA) is 56.7 Å². The molecule has 0 spiro atoms. The standard InChI is InChI=1S/C20H18F3N3O2S/c21-20(22,23)18-16(7-4-8-24-18)29-26-11-14-9-25(10-15(14)12-26)19(28)17(27)13-5-2-1-3-6-13/h1-8,17,27H,9-12H2. The number of benzene rings is 1. The number of hydrogen-bond acceptors (Lipinski definition) is 5. The summed E-state index contributed by atoms with van der Waals surface area (Å²) < 4.78 is 41.2. The molecule has 5 nitrogen and oxygen atoms in total. The highest BCUT2D eigenvalue weighted by Gasteiger charge is 2.38. The number of aromatic nitrogens is 1. The summed E-state index contributed by atoms with van der Waals surface area (Å²) in [6.45, 7) is 1.71. The van der Waals surface area contributed by atoms with Gasteiger partial charge in [-0.2, -0.15) is 13.2 Å². The second kappa shape index (κ2) is 7.81. The molecule has 0 fully saturated rings. The summed E-state index contributed by atoms with van der Waals surface area (Å²) in [5, 5.41) is 10.3. The van der Waals surface area contributed by atoms with Crippen molar-refractivity contribution in [2.75, 3.05) is 26.2 Å². The van der Waals surface area contributed by atoms with E-state index in [2.05, 4.69) is 4.98 Å². The van der Waals surface area contributed by atoms with Gasteiger partial charge in [0.05, 0.1) is 4.90 Å². The van der Waals surface area contributed by atoms with Crippen LogP contribution in [0, 0.1) is 0 Å². The third-order valence-electron chi connectivity index (χ3n) is 4.93. The number of carbonyl (C=O) groups is 1. The maximum Gasteiger partial charge on any atom is 0.434 e. The van der Waals surface area contributed by atoms with Crippen molar-refractivity contribution in [1.29, 1.82) is 0 Å². The number of hydrogen-bond donors (Lipinski definition) is 1. The molecule has 152 valence electrons. The molecule has 1 N–H and O–H groups in total. The summed E-state index contributed by atoms with van der Waals surface area (Å²) in [4.78, 5) is 17.7. The SMILES string of the molecule is O=C(C(O)c1ccccc1)N1CC2=C(CN(Sc3cccnc3C(F)(F)F)C2)C1. The Hall–Kier alpha value is -2.36. The van der Waals surface area contributed by atoms with Gasteiger partial charge in [-0.15, -0.1) is 0 Å². The van der Waals surface area contributed by atoms with Crippen LogP contribution < -0.4 is 0 Å². The Balaban J connectivity index is 1.37. The first-order valence-corrected chi connectivity index (χ1v) is 9.77. The third kappa shape index (κ3) is 4.17. The Labute approximate surface area is 170 Å². The number of alkyl halides is 3. The first-order valence-electron chi connectivity index (χ1n) is 8.99. The molecule has 2 aliphatic rings. The smallest absolute Gasteiger partial charge is 0.378 e. The lowest BCUT2D eigenvalue weighted by atomic mass is 10.1. The van der Waals surface area contributed by atoms with E-state index >= 15 is 0 Å². The van der Waals surface area contributed by atoms with Gasteiger partial charge in [0.2, 0.25) is 0 Å². The molecule has 0 aliphatic carbocycles. The van der Waals surface area contributed by atoms with Gasteiger partial charge in [-0.1, -0.05) is 30.3 Å². The summed E-state index contributed by atoms with van der Waals surface area (Å²) in [7, 11) is 0. The van der Waals surface area contributed by atoms with Gasteiger partial charge in [-0.25, -0.2) is 4.31 Å². The van der Waals surface area contributed by atoms with E-state index in [0.29, 0.717) is 31.7 Å². The van der Waals surface area contributed by atoms with Crippen LogP contribution in [0.1, 0.15) is 17.4 Å². The van der Waals surface area contributed by atoms with Crippen LogP contribution in [-0.4, -0.2) is 51.4 Å². The zero-order valence-corrected chi connectivity index (χ0v) is 16.1. The van der Waals surface area contributed by atoms with Crippen LogP contribution in [0.25, 0.3) is 0 Å². The van der Waals surface area contributed by atoms with Crippen molar-refractivity contribution in [3.8, 4) is 0 Å². The summed E-state index contributed by atoms with van der Waals surface area (Å²) in [5.41, 5.74) is 1.69. The van der Waals surface area contributed by atoms with Crippen LogP contribution >= 0.6 is 11.9 Å². The fourth-order valence-electron chi connectivity index (χ4n) is 3.53. The molecule has 1 atom stereocenters. The Morgan fingerprint density at radius 1 is 1.03 bits per heavy atom. The lowest BCUT2D eigenvalue weighted by molar-refractivity contribution is -0.143. The van der Waals surface area contributed by atoms with E-state index < -0.39 is 18.0 Å². The summed E-state index contributed by atoms with van der Waals surface area (Å²) in [5.74, 6) is -0.364. The second-order valence-electron chi connectivity index (χ2n) is 6.95. The van der Waals surface area contributed by atoms with E-state index in [4.69, 9.17) is 0 Å². The zero-order chi connectivity index (χ0) is 20.6. The fraction of sp³-hybridized carbons (Fsp3) is 0.300. The first-order chi connectivity index (χ1) is 13.8. The molecule has 1 amide bonds. The van der Waals surface area contributed by atoms with E-state index in [1.165, 1.54) is 12.1 Å². The van der Waals surface area contributed by atoms with Crippen molar-refractivity contribution in [3.63, 3.8) is 0 Å². The lowest BCUT2D eigenvalue weighted by Gasteiger charge is -2.24. The predicted molar refractivity (Wildman–Crippen MR) is 102 cm³/mol. The molecule has 0 saturated heterocycles. The Morgan fingerprint density at radius 3 is 2.31 bits per heavy atom. The molecule has 2 aromatic rings. The van der Waals surface area contributed by atoms with Crippen LogP contribution in [0.3, 0.4) is 0 Å². The first kappa shape index (κ1) is 19.9. The van der Waals surface area contributed by atoms with Crippen molar-refractivity contribution in [3.05, 3.63) is 71.1 Å². The van der Waals surface area contributed by atoms with Crippen LogP contribution in [0.5, 0.6) is 0 Å². The average Bonchev–Trinajstić information content (AvgIpc) is 3.26. The monoisotopic (exact) mass is 421 g/mol. The zero-order valence-electron chi connectivity index (χ0n) is 15.3. The molecule has 0 radical (unpaired) electrons. The fourth-order valence-corrected chi connectivity index (χ4v) is 4.65. The van der Waals surface area contributed by atoms with Gasteiger partial charge in [0.15, 0.2) is 11.8 Å². The molecule has 4 rings (SSSR count). The molecule has 2 aliphatic heterocycles. The maximum absolute atomic E-state index is 13.1. The molecule has 1 unspecified atom stereocenters. The average molecular weight is 421 g/mol. The van der Waals surface area contributed by atoms with Gasteiger partial charge in [-0.05, 0) is 40.8 Å². The minimum Gasteiger partial charge on any atom is -0.378 e. The minimum absolute atomic E-state index is 0.0635. The van der Waals surface area contributed by atoms with E-state index in [1.807, 2.05) is 10.4 Å². The highest BCUT2D eigenvalue weighted by molar-refractivity contribution is 7.97. The number of halogens is 3. The molecule has 3 heterocycles. The van der Waals surface area contributed by atoms with E-state index in [1.54, 1.807) is 29.2 Å². The Bertz CT molecular complexity index is 931. The van der Waals surface area contributed by atoms with E-state index in [9.17, 15) is 23.1 Å². The van der Waals surface area contributed by atoms with Crippen molar-refractivity contribution in [2.45, 2.75) is 17.2 Å². The molecule has 0 bridgehead atoms. The van der Waals surface area contributed by atoms with Crippen molar-refractivity contribution in [2.24, 2.45) is 0 Å². The molecule has 1 aromatic carbocycles. The van der Waals surface area contributed by atoms with E-state index in [0.717, 1.165) is 29.3 Å². The largest absolute Gasteiger partial charge is 0.434 e. The molecular formula is C20H18F3N3O2S. The normalized spacial score (nSPS) is 18.3. The van der Waals surface area contributed by atoms with Gasteiger partial charge >= 0.3 is 6.18 Å². The molecule has 1 aromatic heterocycles. The molecule has 9 heteroatoms. The molecular weight excluding hydrogens is 403 g/mol. The predicted octanol–water partition coefficient (Wildman–Crippen LogP) is 3.30. The minimum atomic E-state index is -4.50. The van der Waals surface area contributed by atoms with E-state index in [-0.39, 0.29) is 10.8 Å². The van der Waals surface area contributed by atoms with Gasteiger partial charge in [0.25, 0.3) is 5.91 Å².